The number of carbonyl (C=O) groups is 2. The van der Waals surface area contributed by atoms with Gasteiger partial charge in [0.15, 0.2) is 0 Å². The van der Waals surface area contributed by atoms with Crippen LogP contribution in [0.5, 0.6) is 0 Å². The van der Waals surface area contributed by atoms with E-state index in [0.717, 1.165) is 25.9 Å². The zero-order valence-corrected chi connectivity index (χ0v) is 10.2. The lowest BCUT2D eigenvalue weighted by atomic mass is 9.89. The van der Waals surface area contributed by atoms with Gasteiger partial charge in [-0.2, -0.15) is 0 Å². The van der Waals surface area contributed by atoms with Crippen LogP contribution in [0, 0.1) is 11.3 Å². The van der Waals surface area contributed by atoms with Crippen molar-refractivity contribution in [3.63, 3.8) is 0 Å². The van der Waals surface area contributed by atoms with E-state index >= 15 is 0 Å². The van der Waals surface area contributed by atoms with Gasteiger partial charge in [-0.3, -0.25) is 9.59 Å². The number of Topliss-reactive ketones (excluding diaryl/α,β-unsaturated/α-hetero) is 1. The van der Waals surface area contributed by atoms with E-state index in [-0.39, 0.29) is 23.0 Å². The van der Waals surface area contributed by atoms with Gasteiger partial charge in [0.25, 0.3) is 0 Å². The van der Waals surface area contributed by atoms with Crippen LogP contribution in [0.4, 0.5) is 0 Å². The monoisotopic (exact) mass is 211 g/mol. The quantitative estimate of drug-likeness (QED) is 0.664. The first-order valence-electron chi connectivity index (χ1n) is 5.62. The SMILES string of the molecule is CC(=O)C1CCN(C(=O)C(C)(C)C)CC1. The van der Waals surface area contributed by atoms with E-state index in [1.54, 1.807) is 6.92 Å². The Labute approximate surface area is 91.8 Å². The molecule has 0 atom stereocenters. The van der Waals surface area contributed by atoms with E-state index < -0.39 is 0 Å². The van der Waals surface area contributed by atoms with Crippen LogP contribution in [0.1, 0.15) is 40.5 Å². The third-order valence-electron chi connectivity index (χ3n) is 3.00. The maximum Gasteiger partial charge on any atom is 0.227 e. The highest BCUT2D eigenvalue weighted by molar-refractivity contribution is 5.82. The molecule has 1 aliphatic heterocycles. The third kappa shape index (κ3) is 3.05. The molecule has 1 amide bonds. The maximum atomic E-state index is 11.9. The van der Waals surface area contributed by atoms with Gasteiger partial charge in [-0.1, -0.05) is 20.8 Å². The zero-order chi connectivity index (χ0) is 11.6. The van der Waals surface area contributed by atoms with Crippen molar-refractivity contribution in [3.05, 3.63) is 0 Å². The molecule has 0 bridgehead atoms. The Hall–Kier alpha value is -0.860. The summed E-state index contributed by atoms with van der Waals surface area (Å²) in [6, 6.07) is 0. The van der Waals surface area contributed by atoms with Gasteiger partial charge in [0.2, 0.25) is 5.91 Å². The fraction of sp³-hybridized carbons (Fsp3) is 0.833. The fourth-order valence-electron chi connectivity index (χ4n) is 1.96. The number of hydrogen-bond donors (Lipinski definition) is 0. The van der Waals surface area contributed by atoms with Crippen LogP contribution in [0.2, 0.25) is 0 Å². The summed E-state index contributed by atoms with van der Waals surface area (Å²) in [7, 11) is 0. The van der Waals surface area contributed by atoms with Crippen LogP contribution in [0.15, 0.2) is 0 Å². The van der Waals surface area contributed by atoms with Gasteiger partial charge in [-0.05, 0) is 19.8 Å². The molecule has 0 aromatic carbocycles. The number of hydrogen-bond acceptors (Lipinski definition) is 2. The lowest BCUT2D eigenvalue weighted by molar-refractivity contribution is -0.142. The summed E-state index contributed by atoms with van der Waals surface area (Å²) < 4.78 is 0. The highest BCUT2D eigenvalue weighted by Gasteiger charge is 2.31. The zero-order valence-electron chi connectivity index (χ0n) is 10.2. The Morgan fingerprint density at radius 2 is 1.60 bits per heavy atom. The van der Waals surface area contributed by atoms with Crippen molar-refractivity contribution in [2.75, 3.05) is 13.1 Å². The smallest absolute Gasteiger partial charge is 0.227 e. The number of carbonyl (C=O) groups excluding carboxylic acids is 2. The van der Waals surface area contributed by atoms with E-state index in [1.807, 2.05) is 25.7 Å². The van der Waals surface area contributed by atoms with E-state index in [0.29, 0.717) is 0 Å². The average molecular weight is 211 g/mol. The minimum Gasteiger partial charge on any atom is -0.342 e. The highest BCUT2D eigenvalue weighted by atomic mass is 16.2. The fourth-order valence-corrected chi connectivity index (χ4v) is 1.96. The summed E-state index contributed by atoms with van der Waals surface area (Å²) in [4.78, 5) is 25.0. The molecule has 0 unspecified atom stereocenters. The molecule has 1 aliphatic rings. The van der Waals surface area contributed by atoms with Crippen LogP contribution in [0.3, 0.4) is 0 Å². The Morgan fingerprint density at radius 1 is 1.13 bits per heavy atom. The van der Waals surface area contributed by atoms with Crippen LogP contribution in [-0.2, 0) is 9.59 Å². The van der Waals surface area contributed by atoms with Gasteiger partial charge in [0.1, 0.15) is 5.78 Å². The van der Waals surface area contributed by atoms with Crippen LogP contribution in [-0.4, -0.2) is 29.7 Å². The van der Waals surface area contributed by atoms with Crippen molar-refractivity contribution in [2.24, 2.45) is 11.3 Å². The van der Waals surface area contributed by atoms with Gasteiger partial charge < -0.3 is 4.90 Å². The van der Waals surface area contributed by atoms with Crippen molar-refractivity contribution >= 4 is 11.7 Å². The Kier molecular flexibility index (Phi) is 3.53. The van der Waals surface area contributed by atoms with E-state index in [1.165, 1.54) is 0 Å². The summed E-state index contributed by atoms with van der Waals surface area (Å²) in [6.45, 7) is 8.93. The van der Waals surface area contributed by atoms with E-state index in [9.17, 15) is 9.59 Å². The second kappa shape index (κ2) is 4.33. The molecule has 1 rings (SSSR count). The number of likely N-dealkylation sites (tertiary alicyclic amines) is 1. The summed E-state index contributed by atoms with van der Waals surface area (Å²) in [5.41, 5.74) is -0.303. The molecule has 0 aromatic heterocycles. The molecule has 0 aromatic rings. The van der Waals surface area contributed by atoms with Gasteiger partial charge >= 0.3 is 0 Å². The molecule has 1 heterocycles. The van der Waals surface area contributed by atoms with Gasteiger partial charge in [0, 0.05) is 24.4 Å². The second-order valence-corrected chi connectivity index (χ2v) is 5.43. The molecule has 0 radical (unpaired) electrons. The largest absolute Gasteiger partial charge is 0.342 e. The Balaban J connectivity index is 2.51. The van der Waals surface area contributed by atoms with Crippen molar-refractivity contribution in [3.8, 4) is 0 Å². The molecular weight excluding hydrogens is 190 g/mol. The molecule has 3 nitrogen and oxygen atoms in total. The van der Waals surface area contributed by atoms with Crippen LogP contribution < -0.4 is 0 Å². The first-order chi connectivity index (χ1) is 6.82. The number of ketones is 1. The highest BCUT2D eigenvalue weighted by Crippen LogP contribution is 2.23. The van der Waals surface area contributed by atoms with Gasteiger partial charge in [-0.15, -0.1) is 0 Å². The molecule has 1 fully saturated rings. The third-order valence-corrected chi connectivity index (χ3v) is 3.00. The summed E-state index contributed by atoms with van der Waals surface area (Å²) >= 11 is 0. The van der Waals surface area contributed by atoms with Gasteiger partial charge in [0.05, 0.1) is 0 Å². The number of amides is 1. The molecule has 86 valence electrons. The standard InChI is InChI=1S/C12H21NO2/c1-9(14)10-5-7-13(8-6-10)11(15)12(2,3)4/h10H,5-8H2,1-4H3. The predicted octanol–water partition coefficient (Wildman–Crippen LogP) is 1.86. The Morgan fingerprint density at radius 3 is 1.93 bits per heavy atom. The predicted molar refractivity (Wildman–Crippen MR) is 59.4 cm³/mol. The van der Waals surface area contributed by atoms with Crippen molar-refractivity contribution in [1.82, 2.24) is 4.90 Å². The molecule has 3 heteroatoms. The minimum atomic E-state index is -0.303. The average Bonchev–Trinajstić information content (AvgIpc) is 2.15. The van der Waals surface area contributed by atoms with E-state index in [2.05, 4.69) is 0 Å². The number of nitrogens with zero attached hydrogens (tertiary/aromatic N) is 1. The van der Waals surface area contributed by atoms with Crippen LogP contribution in [0.25, 0.3) is 0 Å². The van der Waals surface area contributed by atoms with Crippen molar-refractivity contribution in [1.29, 1.82) is 0 Å². The minimum absolute atomic E-state index is 0.175. The first kappa shape index (κ1) is 12.2. The summed E-state index contributed by atoms with van der Waals surface area (Å²) in [5, 5.41) is 0. The normalized spacial score (nSPS) is 19.1. The maximum absolute atomic E-state index is 11.9. The number of rotatable bonds is 1. The lowest BCUT2D eigenvalue weighted by Gasteiger charge is -2.34. The molecule has 0 N–H and O–H groups in total. The van der Waals surface area contributed by atoms with Crippen molar-refractivity contribution in [2.45, 2.75) is 40.5 Å². The van der Waals surface area contributed by atoms with Crippen molar-refractivity contribution < 1.29 is 9.59 Å². The second-order valence-electron chi connectivity index (χ2n) is 5.43. The lowest BCUT2D eigenvalue weighted by Crippen LogP contribution is -2.44. The Bertz CT molecular complexity index is 257. The summed E-state index contributed by atoms with van der Waals surface area (Å²) in [5.74, 6) is 0.636. The molecule has 15 heavy (non-hydrogen) atoms. The molecule has 0 aliphatic carbocycles. The summed E-state index contributed by atoms with van der Waals surface area (Å²) in [6.07, 6.45) is 1.66. The first-order valence-corrected chi connectivity index (χ1v) is 5.62. The molecule has 0 saturated carbocycles. The molecular formula is C12H21NO2. The van der Waals surface area contributed by atoms with E-state index in [4.69, 9.17) is 0 Å². The molecule has 0 spiro atoms. The van der Waals surface area contributed by atoms with Gasteiger partial charge in [-0.25, -0.2) is 0 Å². The molecule has 1 saturated heterocycles. The topological polar surface area (TPSA) is 37.4 Å². The van der Waals surface area contributed by atoms with Crippen LogP contribution >= 0.6 is 0 Å². The number of piperidine rings is 1.